The van der Waals surface area contributed by atoms with Crippen LogP contribution in [-0.2, 0) is 26.9 Å². The van der Waals surface area contributed by atoms with Gasteiger partial charge in [0.25, 0.3) is 0 Å². The lowest BCUT2D eigenvalue weighted by Gasteiger charge is -2.35. The summed E-state index contributed by atoms with van der Waals surface area (Å²) in [5.74, 6) is 0.484. The third kappa shape index (κ3) is 5.10. The first-order valence-electron chi connectivity index (χ1n) is 12.5. The fourth-order valence-electron chi connectivity index (χ4n) is 5.18. The summed E-state index contributed by atoms with van der Waals surface area (Å²) in [5, 5.41) is 0.946. The van der Waals surface area contributed by atoms with E-state index in [1.807, 2.05) is 18.2 Å². The van der Waals surface area contributed by atoms with Crippen molar-refractivity contribution in [2.75, 3.05) is 20.8 Å². The molecule has 2 aromatic carbocycles. The van der Waals surface area contributed by atoms with Gasteiger partial charge in [0.2, 0.25) is 5.91 Å². The number of amides is 1. The van der Waals surface area contributed by atoms with Crippen LogP contribution in [0.4, 0.5) is 13.2 Å². The predicted molar refractivity (Wildman–Crippen MR) is 137 cm³/mol. The lowest BCUT2D eigenvalue weighted by atomic mass is 9.95. The molecule has 0 spiro atoms. The van der Waals surface area contributed by atoms with E-state index in [1.54, 1.807) is 18.1 Å². The summed E-state index contributed by atoms with van der Waals surface area (Å²) in [6, 6.07) is 13.3. The Morgan fingerprint density at radius 2 is 1.87 bits per heavy atom. The van der Waals surface area contributed by atoms with Gasteiger partial charge in [-0.25, -0.2) is 0 Å². The maximum Gasteiger partial charge on any atom is 0.417 e. The van der Waals surface area contributed by atoms with E-state index in [4.69, 9.17) is 9.15 Å². The molecule has 0 fully saturated rings. The zero-order chi connectivity index (χ0) is 27.7. The molecule has 0 radical (unpaired) electrons. The van der Waals surface area contributed by atoms with Crippen LogP contribution in [0.2, 0.25) is 0 Å². The number of carbonyl (C=O) groups is 2. The molecular weight excluding hydrogens is 513 g/mol. The van der Waals surface area contributed by atoms with Crippen molar-refractivity contribution >= 4 is 22.8 Å². The highest BCUT2D eigenvalue weighted by atomic mass is 19.4. The number of benzene rings is 2. The smallest absolute Gasteiger partial charge is 0.417 e. The minimum Gasteiger partial charge on any atom is -0.497 e. The number of fused-ring (bicyclic) bond motifs is 3. The number of rotatable bonds is 7. The second-order valence-corrected chi connectivity index (χ2v) is 9.34. The topological polar surface area (TPSA) is 84.8 Å². The number of alkyl halides is 3. The molecule has 39 heavy (non-hydrogen) atoms. The van der Waals surface area contributed by atoms with Crippen LogP contribution in [0.3, 0.4) is 0 Å². The summed E-state index contributed by atoms with van der Waals surface area (Å²) in [4.78, 5) is 30.0. The summed E-state index contributed by atoms with van der Waals surface area (Å²) in [7, 11) is 2.88. The molecule has 2 aromatic heterocycles. The fraction of sp³-hybridized carbons (Fsp3) is 0.310. The molecule has 1 N–H and O–H groups in total. The third-order valence-corrected chi connectivity index (χ3v) is 7.05. The van der Waals surface area contributed by atoms with Crippen molar-refractivity contribution in [3.63, 3.8) is 0 Å². The number of esters is 1. The van der Waals surface area contributed by atoms with Crippen molar-refractivity contribution in [3.05, 3.63) is 77.2 Å². The number of nitrogens with one attached hydrogen (secondary N) is 1. The van der Waals surface area contributed by atoms with E-state index in [1.165, 1.54) is 31.4 Å². The number of carbonyl (C=O) groups excluding carboxylic acids is 2. The Morgan fingerprint density at radius 1 is 1.08 bits per heavy atom. The number of aromatic nitrogens is 1. The van der Waals surface area contributed by atoms with E-state index in [-0.39, 0.29) is 30.1 Å². The number of methoxy groups -OCH3 is 2. The number of halogens is 3. The van der Waals surface area contributed by atoms with Crippen molar-refractivity contribution < 1.29 is 36.7 Å². The van der Waals surface area contributed by atoms with Gasteiger partial charge in [0.05, 0.1) is 25.5 Å². The van der Waals surface area contributed by atoms with Gasteiger partial charge >= 0.3 is 12.1 Å². The van der Waals surface area contributed by atoms with Crippen LogP contribution >= 0.6 is 0 Å². The lowest BCUT2D eigenvalue weighted by molar-refractivity contribution is -0.141. The first kappa shape index (κ1) is 26.4. The Kier molecular flexibility index (Phi) is 7.12. The van der Waals surface area contributed by atoms with Gasteiger partial charge in [-0.15, -0.1) is 0 Å². The number of furan rings is 1. The largest absolute Gasteiger partial charge is 0.497 e. The molecule has 0 saturated carbocycles. The Morgan fingerprint density at radius 3 is 2.62 bits per heavy atom. The quantitative estimate of drug-likeness (QED) is 0.279. The molecule has 1 amide bonds. The summed E-state index contributed by atoms with van der Waals surface area (Å²) < 4.78 is 57.2. The minimum absolute atomic E-state index is 0.0564. The van der Waals surface area contributed by atoms with Gasteiger partial charge in [-0.1, -0.05) is 18.2 Å². The van der Waals surface area contributed by atoms with Crippen LogP contribution in [0.15, 0.2) is 59.0 Å². The van der Waals surface area contributed by atoms with Gasteiger partial charge in [0, 0.05) is 35.9 Å². The standard InChI is InChI=1S/C29H27F3N2O5/c1-37-17-10-11-22-20(16-17)18-14-15-34(25(35)8-5-9-26(36)38-2)28(27(18)33-22)24-13-12-23(39-24)19-6-3-4-7-21(19)29(30,31)32/h3-4,6-7,10-13,16,28,33H,5,8-9,14-15H2,1-2H3/t28-/m1/s1. The molecule has 0 unspecified atom stereocenters. The number of aromatic amines is 1. The average Bonchev–Trinajstić information content (AvgIpc) is 3.56. The normalized spacial score (nSPS) is 15.3. The highest BCUT2D eigenvalue weighted by Crippen LogP contribution is 2.43. The second-order valence-electron chi connectivity index (χ2n) is 9.34. The number of ether oxygens (including phenoxy) is 2. The van der Waals surface area contributed by atoms with Crippen LogP contribution in [0.25, 0.3) is 22.2 Å². The first-order valence-corrected chi connectivity index (χ1v) is 12.5. The average molecular weight is 541 g/mol. The van der Waals surface area contributed by atoms with Crippen molar-refractivity contribution in [3.8, 4) is 17.1 Å². The molecule has 0 saturated heterocycles. The maximum atomic E-state index is 13.7. The SMILES string of the molecule is COC(=O)CCCC(=O)N1CCc2c([nH]c3ccc(OC)cc23)[C@H]1c1ccc(-c2ccccc2C(F)(F)F)o1. The van der Waals surface area contributed by atoms with Gasteiger partial charge in [-0.3, -0.25) is 9.59 Å². The monoisotopic (exact) mass is 540 g/mol. The van der Waals surface area contributed by atoms with E-state index in [0.717, 1.165) is 28.2 Å². The third-order valence-electron chi connectivity index (χ3n) is 7.05. The van der Waals surface area contributed by atoms with E-state index in [0.29, 0.717) is 30.9 Å². The molecule has 5 rings (SSSR count). The molecule has 1 aliphatic rings. The molecule has 10 heteroatoms. The Hall–Kier alpha value is -4.21. The van der Waals surface area contributed by atoms with Crippen LogP contribution in [-0.4, -0.2) is 42.5 Å². The van der Waals surface area contributed by atoms with Crippen LogP contribution in [0, 0.1) is 0 Å². The number of hydrogen-bond acceptors (Lipinski definition) is 5. The molecule has 0 bridgehead atoms. The van der Waals surface area contributed by atoms with E-state index in [9.17, 15) is 22.8 Å². The van der Waals surface area contributed by atoms with E-state index >= 15 is 0 Å². The second kappa shape index (κ2) is 10.5. The molecule has 0 aliphatic carbocycles. The molecular formula is C29H27F3N2O5. The van der Waals surface area contributed by atoms with E-state index < -0.39 is 23.8 Å². The van der Waals surface area contributed by atoms with Gasteiger partial charge in [0.15, 0.2) is 0 Å². The van der Waals surface area contributed by atoms with Gasteiger partial charge in [-0.2, -0.15) is 13.2 Å². The number of nitrogens with zero attached hydrogens (tertiary/aromatic N) is 1. The summed E-state index contributed by atoms with van der Waals surface area (Å²) in [6.45, 7) is 0.369. The van der Waals surface area contributed by atoms with Crippen molar-refractivity contribution in [1.29, 1.82) is 0 Å². The van der Waals surface area contributed by atoms with Crippen molar-refractivity contribution in [2.45, 2.75) is 37.9 Å². The van der Waals surface area contributed by atoms with Crippen molar-refractivity contribution in [2.24, 2.45) is 0 Å². The molecule has 204 valence electrons. The molecule has 1 atom stereocenters. The Balaban J connectivity index is 1.56. The van der Waals surface area contributed by atoms with E-state index in [2.05, 4.69) is 9.72 Å². The summed E-state index contributed by atoms with van der Waals surface area (Å²) in [5.41, 5.74) is 1.69. The highest BCUT2D eigenvalue weighted by Gasteiger charge is 2.38. The maximum absolute atomic E-state index is 13.7. The summed E-state index contributed by atoms with van der Waals surface area (Å²) >= 11 is 0. The van der Waals surface area contributed by atoms with Crippen LogP contribution in [0.5, 0.6) is 5.75 Å². The van der Waals surface area contributed by atoms with Crippen LogP contribution < -0.4 is 4.74 Å². The van der Waals surface area contributed by atoms with Crippen LogP contribution in [0.1, 0.15) is 47.9 Å². The lowest BCUT2D eigenvalue weighted by Crippen LogP contribution is -2.40. The Bertz CT molecular complexity index is 1520. The first-order chi connectivity index (χ1) is 18.7. The molecule has 3 heterocycles. The van der Waals surface area contributed by atoms with Gasteiger partial charge < -0.3 is 23.8 Å². The molecule has 4 aromatic rings. The Labute approximate surface area is 222 Å². The molecule has 1 aliphatic heterocycles. The zero-order valence-corrected chi connectivity index (χ0v) is 21.4. The summed E-state index contributed by atoms with van der Waals surface area (Å²) in [6.07, 6.45) is -3.46. The fourth-order valence-corrected chi connectivity index (χ4v) is 5.18. The van der Waals surface area contributed by atoms with Gasteiger partial charge in [-0.05, 0) is 54.8 Å². The minimum atomic E-state index is -4.56. The molecule has 7 nitrogen and oxygen atoms in total. The zero-order valence-electron chi connectivity index (χ0n) is 21.4. The predicted octanol–water partition coefficient (Wildman–Crippen LogP) is 6.27. The van der Waals surface area contributed by atoms with Crippen molar-refractivity contribution in [1.82, 2.24) is 9.88 Å². The number of H-pyrrole nitrogens is 1. The highest BCUT2D eigenvalue weighted by molar-refractivity contribution is 5.88. The van der Waals surface area contributed by atoms with Gasteiger partial charge in [0.1, 0.15) is 23.3 Å². The number of hydrogen-bond donors (Lipinski definition) is 1.